The van der Waals surface area contributed by atoms with E-state index in [1.807, 2.05) is 0 Å². The van der Waals surface area contributed by atoms with Crippen LogP contribution in [0, 0.1) is 0 Å². The molecule has 0 heterocycles. The summed E-state index contributed by atoms with van der Waals surface area (Å²) < 4.78 is 35.8. The number of carbonyl (C=O) groups is 1. The highest BCUT2D eigenvalue weighted by molar-refractivity contribution is 6.00. The molecule has 0 saturated carbocycles. The smallest absolute Gasteiger partial charge is 0.390 e. The van der Waals surface area contributed by atoms with E-state index in [9.17, 15) is 18.0 Å². The number of nitrogens with two attached hydrogens (primary N) is 2. The minimum Gasteiger partial charge on any atom is -0.396 e. The topological polar surface area (TPSA) is 81.1 Å². The maximum Gasteiger partial charge on any atom is 0.390 e. The number of amides is 1. The standard InChI is InChI=1S/C10H12F3N3O/c11-10(12,13)4-5-16-7-3-1-2-6(8(7)14)9(15)17/h1-3,16H,4-5,14H2,(H2,15,17). The van der Waals surface area contributed by atoms with Crippen LogP contribution in [0.2, 0.25) is 0 Å². The van der Waals surface area contributed by atoms with E-state index in [0.717, 1.165) is 0 Å². The Bertz CT molecular complexity index is 418. The summed E-state index contributed by atoms with van der Waals surface area (Å²) in [5.41, 5.74) is 11.1. The lowest BCUT2D eigenvalue weighted by atomic mass is 10.1. The van der Waals surface area contributed by atoms with E-state index < -0.39 is 18.5 Å². The fraction of sp³-hybridized carbons (Fsp3) is 0.300. The molecule has 5 N–H and O–H groups in total. The number of rotatable bonds is 4. The number of anilines is 2. The minimum atomic E-state index is -4.23. The summed E-state index contributed by atoms with van der Waals surface area (Å²) in [6.07, 6.45) is -5.21. The van der Waals surface area contributed by atoms with Crippen molar-refractivity contribution in [1.82, 2.24) is 0 Å². The Morgan fingerprint density at radius 1 is 1.35 bits per heavy atom. The van der Waals surface area contributed by atoms with Gasteiger partial charge in [-0.2, -0.15) is 13.2 Å². The maximum absolute atomic E-state index is 11.9. The number of hydrogen-bond acceptors (Lipinski definition) is 3. The van der Waals surface area contributed by atoms with Crippen LogP contribution in [-0.4, -0.2) is 18.6 Å². The van der Waals surface area contributed by atoms with E-state index in [1.54, 1.807) is 0 Å². The van der Waals surface area contributed by atoms with Crippen molar-refractivity contribution in [2.45, 2.75) is 12.6 Å². The first-order chi connectivity index (χ1) is 7.81. The van der Waals surface area contributed by atoms with Gasteiger partial charge < -0.3 is 16.8 Å². The summed E-state index contributed by atoms with van der Waals surface area (Å²) in [5, 5.41) is 2.51. The number of halogens is 3. The predicted octanol–water partition coefficient (Wildman–Crippen LogP) is 1.73. The van der Waals surface area contributed by atoms with Crippen molar-refractivity contribution in [3.8, 4) is 0 Å². The number of hydrogen-bond donors (Lipinski definition) is 3. The highest BCUT2D eigenvalue weighted by Crippen LogP contribution is 2.24. The quantitative estimate of drug-likeness (QED) is 0.709. The van der Waals surface area contributed by atoms with Gasteiger partial charge >= 0.3 is 6.18 Å². The van der Waals surface area contributed by atoms with E-state index in [2.05, 4.69) is 5.32 Å². The van der Waals surface area contributed by atoms with Gasteiger partial charge in [0.1, 0.15) is 0 Å². The van der Waals surface area contributed by atoms with Gasteiger partial charge in [-0.05, 0) is 12.1 Å². The highest BCUT2D eigenvalue weighted by Gasteiger charge is 2.26. The molecule has 1 aromatic carbocycles. The third kappa shape index (κ3) is 3.86. The Morgan fingerprint density at radius 3 is 2.53 bits per heavy atom. The van der Waals surface area contributed by atoms with Crippen molar-refractivity contribution in [3.63, 3.8) is 0 Å². The normalized spacial score (nSPS) is 11.2. The van der Waals surface area contributed by atoms with Gasteiger partial charge in [0.25, 0.3) is 5.91 Å². The summed E-state index contributed by atoms with van der Waals surface area (Å²) in [6.45, 7) is -0.310. The lowest BCUT2D eigenvalue weighted by molar-refractivity contribution is -0.131. The summed E-state index contributed by atoms with van der Waals surface area (Å²) in [7, 11) is 0. The Balaban J connectivity index is 2.72. The fourth-order valence-electron chi connectivity index (χ4n) is 1.27. The maximum atomic E-state index is 11.9. The number of primary amides is 1. The van der Waals surface area contributed by atoms with Gasteiger partial charge in [0.15, 0.2) is 0 Å². The second kappa shape index (κ2) is 4.94. The van der Waals surface area contributed by atoms with Crippen LogP contribution >= 0.6 is 0 Å². The molecule has 0 unspecified atom stereocenters. The summed E-state index contributed by atoms with van der Waals surface area (Å²) in [4.78, 5) is 10.9. The molecule has 0 aliphatic heterocycles. The monoisotopic (exact) mass is 247 g/mol. The third-order valence-electron chi connectivity index (χ3n) is 2.10. The Hall–Kier alpha value is -1.92. The first-order valence-corrected chi connectivity index (χ1v) is 4.80. The molecule has 0 radical (unpaired) electrons. The van der Waals surface area contributed by atoms with Crippen molar-refractivity contribution in [1.29, 1.82) is 0 Å². The molecular formula is C10H12F3N3O. The summed E-state index contributed by atoms with van der Waals surface area (Å²) >= 11 is 0. The SMILES string of the molecule is NC(=O)c1cccc(NCCC(F)(F)F)c1N. The molecule has 0 aliphatic carbocycles. The van der Waals surface area contributed by atoms with Crippen molar-refractivity contribution in [2.24, 2.45) is 5.73 Å². The Morgan fingerprint density at radius 2 is 2.00 bits per heavy atom. The van der Waals surface area contributed by atoms with Crippen LogP contribution in [0.3, 0.4) is 0 Å². The first-order valence-electron chi connectivity index (χ1n) is 4.80. The number of nitrogen functional groups attached to an aromatic ring is 1. The van der Waals surface area contributed by atoms with E-state index in [0.29, 0.717) is 0 Å². The van der Waals surface area contributed by atoms with Gasteiger partial charge in [0, 0.05) is 6.54 Å². The van der Waals surface area contributed by atoms with Crippen LogP contribution in [0.4, 0.5) is 24.5 Å². The van der Waals surface area contributed by atoms with Crippen LogP contribution in [-0.2, 0) is 0 Å². The Labute approximate surface area is 95.8 Å². The number of nitrogens with one attached hydrogen (secondary N) is 1. The van der Waals surface area contributed by atoms with Gasteiger partial charge in [-0.25, -0.2) is 0 Å². The van der Waals surface area contributed by atoms with E-state index in [1.165, 1.54) is 18.2 Å². The molecule has 1 aromatic rings. The average molecular weight is 247 g/mol. The molecule has 1 rings (SSSR count). The van der Waals surface area contributed by atoms with E-state index in [-0.39, 0.29) is 23.5 Å². The molecular weight excluding hydrogens is 235 g/mol. The van der Waals surface area contributed by atoms with E-state index in [4.69, 9.17) is 11.5 Å². The second-order valence-electron chi connectivity index (χ2n) is 3.42. The lowest BCUT2D eigenvalue weighted by Gasteiger charge is -2.12. The van der Waals surface area contributed by atoms with Crippen molar-refractivity contribution < 1.29 is 18.0 Å². The fourth-order valence-corrected chi connectivity index (χ4v) is 1.27. The summed E-state index contributed by atoms with van der Waals surface area (Å²) in [5.74, 6) is -0.720. The van der Waals surface area contributed by atoms with Crippen molar-refractivity contribution >= 4 is 17.3 Å². The molecule has 1 amide bonds. The minimum absolute atomic E-state index is 0.0576. The number of carbonyl (C=O) groups excluding carboxylic acids is 1. The first kappa shape index (κ1) is 13.1. The van der Waals surface area contributed by atoms with Crippen LogP contribution in [0.1, 0.15) is 16.8 Å². The number of benzene rings is 1. The largest absolute Gasteiger partial charge is 0.396 e. The molecule has 0 aliphatic rings. The number of para-hydroxylation sites is 1. The van der Waals surface area contributed by atoms with Crippen LogP contribution in [0.5, 0.6) is 0 Å². The van der Waals surface area contributed by atoms with E-state index >= 15 is 0 Å². The van der Waals surface area contributed by atoms with Crippen LogP contribution in [0.25, 0.3) is 0 Å². The average Bonchev–Trinajstić information content (AvgIpc) is 2.18. The van der Waals surface area contributed by atoms with Gasteiger partial charge in [-0.1, -0.05) is 6.07 Å². The summed E-state index contributed by atoms with van der Waals surface area (Å²) in [6, 6.07) is 4.39. The molecule has 0 atom stereocenters. The van der Waals surface area contributed by atoms with Crippen LogP contribution < -0.4 is 16.8 Å². The molecule has 0 fully saturated rings. The molecule has 7 heteroatoms. The lowest BCUT2D eigenvalue weighted by Crippen LogP contribution is -2.17. The zero-order valence-electron chi connectivity index (χ0n) is 8.84. The molecule has 0 bridgehead atoms. The van der Waals surface area contributed by atoms with Crippen molar-refractivity contribution in [2.75, 3.05) is 17.6 Å². The molecule has 4 nitrogen and oxygen atoms in total. The van der Waals surface area contributed by atoms with Gasteiger partial charge in [0.2, 0.25) is 0 Å². The highest BCUT2D eigenvalue weighted by atomic mass is 19.4. The second-order valence-corrected chi connectivity index (χ2v) is 3.42. The molecule has 0 spiro atoms. The zero-order valence-corrected chi connectivity index (χ0v) is 8.84. The Kier molecular flexibility index (Phi) is 3.82. The van der Waals surface area contributed by atoms with Gasteiger partial charge in [-0.15, -0.1) is 0 Å². The molecule has 0 aromatic heterocycles. The van der Waals surface area contributed by atoms with Gasteiger partial charge in [0.05, 0.1) is 23.4 Å². The van der Waals surface area contributed by atoms with Gasteiger partial charge in [-0.3, -0.25) is 4.79 Å². The molecule has 0 saturated heterocycles. The third-order valence-corrected chi connectivity index (χ3v) is 2.10. The van der Waals surface area contributed by atoms with Crippen LogP contribution in [0.15, 0.2) is 18.2 Å². The van der Waals surface area contributed by atoms with Crippen molar-refractivity contribution in [3.05, 3.63) is 23.8 Å². The number of alkyl halides is 3. The predicted molar refractivity (Wildman–Crippen MR) is 58.5 cm³/mol. The zero-order chi connectivity index (χ0) is 13.1. The molecule has 94 valence electrons. The molecule has 17 heavy (non-hydrogen) atoms.